The van der Waals surface area contributed by atoms with Crippen LogP contribution in [-0.2, 0) is 13.0 Å². The molecule has 160 valence electrons. The molecule has 3 aromatic heterocycles. The van der Waals surface area contributed by atoms with Crippen LogP contribution in [0.25, 0.3) is 33.6 Å². The van der Waals surface area contributed by atoms with Gasteiger partial charge in [-0.15, -0.1) is 0 Å². The molecule has 0 bridgehead atoms. The number of nitrogens with zero attached hydrogens (tertiary/aromatic N) is 1. The van der Waals surface area contributed by atoms with Crippen molar-refractivity contribution in [3.63, 3.8) is 0 Å². The van der Waals surface area contributed by atoms with Gasteiger partial charge in [-0.2, -0.15) is 0 Å². The number of carbonyl (C=O) groups is 1. The van der Waals surface area contributed by atoms with Crippen LogP contribution in [0.1, 0.15) is 36.7 Å². The summed E-state index contributed by atoms with van der Waals surface area (Å²) in [5.41, 5.74) is 1.26. The van der Waals surface area contributed by atoms with E-state index in [9.17, 15) is 14.0 Å². The summed E-state index contributed by atoms with van der Waals surface area (Å²) < 4.78 is 27.4. The zero-order valence-electron chi connectivity index (χ0n) is 17.4. The number of aromatic carboxylic acids is 1. The summed E-state index contributed by atoms with van der Waals surface area (Å²) in [5.74, 6) is -1.47. The monoisotopic (exact) mass is 423 g/mol. The summed E-state index contributed by atoms with van der Waals surface area (Å²) in [7, 11) is 0. The molecule has 0 fully saturated rings. The molecule has 31 heavy (non-hydrogen) atoms. The summed E-state index contributed by atoms with van der Waals surface area (Å²) in [6.07, 6.45) is 4.86. The number of hydrogen-bond acceptors (Lipinski definition) is 4. The molecule has 4 heterocycles. The van der Waals surface area contributed by atoms with Gasteiger partial charge in [0, 0.05) is 34.8 Å². The van der Waals surface area contributed by atoms with E-state index < -0.39 is 22.8 Å². The van der Waals surface area contributed by atoms with Crippen LogP contribution in [0, 0.1) is 11.7 Å². The maximum atomic E-state index is 14.8. The SMILES string of the molecule is CC(C)C.O=C(O)c1cn2c(c(F)c1=O)-c1oc3c(-c4ccoc4)cccc3c1CC2. The Balaban J connectivity index is 0.000000535. The van der Waals surface area contributed by atoms with Gasteiger partial charge in [0.2, 0.25) is 5.43 Å². The zero-order chi connectivity index (χ0) is 22.3. The average Bonchev–Trinajstić information content (AvgIpc) is 3.37. The van der Waals surface area contributed by atoms with E-state index in [0.717, 1.165) is 28.0 Å². The van der Waals surface area contributed by atoms with Crippen LogP contribution in [0.4, 0.5) is 4.39 Å². The number of hydrogen-bond donors (Lipinski definition) is 1. The third-order valence-electron chi connectivity index (χ3n) is 4.92. The van der Waals surface area contributed by atoms with Crippen LogP contribution in [0.5, 0.6) is 0 Å². The number of carboxylic acid groups (broad SMARTS) is 1. The van der Waals surface area contributed by atoms with Gasteiger partial charge in [-0.05, 0) is 18.4 Å². The molecular formula is C24H22FNO5. The second-order valence-electron chi connectivity index (χ2n) is 8.12. The van der Waals surface area contributed by atoms with Crippen LogP contribution < -0.4 is 5.43 Å². The van der Waals surface area contributed by atoms with Gasteiger partial charge < -0.3 is 18.5 Å². The smallest absolute Gasteiger partial charge is 0.341 e. The van der Waals surface area contributed by atoms with E-state index in [1.165, 1.54) is 10.8 Å². The van der Waals surface area contributed by atoms with Gasteiger partial charge in [0.15, 0.2) is 11.6 Å². The topological polar surface area (TPSA) is 85.6 Å². The van der Waals surface area contributed by atoms with Crippen LogP contribution in [-0.4, -0.2) is 15.6 Å². The zero-order valence-corrected chi connectivity index (χ0v) is 17.4. The molecule has 0 radical (unpaired) electrons. The molecule has 1 aliphatic heterocycles. The first-order valence-corrected chi connectivity index (χ1v) is 10.0. The van der Waals surface area contributed by atoms with E-state index >= 15 is 0 Å². The van der Waals surface area contributed by atoms with Crippen molar-refractivity contribution in [2.45, 2.75) is 33.7 Å². The highest BCUT2D eigenvalue weighted by Gasteiger charge is 2.30. The summed E-state index contributed by atoms with van der Waals surface area (Å²) in [4.78, 5) is 23.3. The van der Waals surface area contributed by atoms with E-state index in [2.05, 4.69) is 20.8 Å². The number of carboxylic acids is 1. The van der Waals surface area contributed by atoms with Crippen LogP contribution in [0.3, 0.4) is 0 Å². The minimum Gasteiger partial charge on any atom is -0.477 e. The third-order valence-corrected chi connectivity index (χ3v) is 4.92. The number of para-hydroxylation sites is 1. The molecule has 0 unspecified atom stereocenters. The number of aromatic nitrogens is 1. The summed E-state index contributed by atoms with van der Waals surface area (Å²) in [5, 5.41) is 9.97. The lowest BCUT2D eigenvalue weighted by molar-refractivity contribution is 0.0693. The van der Waals surface area contributed by atoms with Crippen LogP contribution >= 0.6 is 0 Å². The molecule has 5 rings (SSSR count). The Kier molecular flexibility index (Phi) is 5.27. The van der Waals surface area contributed by atoms with Crippen molar-refractivity contribution in [3.05, 3.63) is 70.2 Å². The number of fused-ring (bicyclic) bond motifs is 5. The van der Waals surface area contributed by atoms with Gasteiger partial charge in [0.25, 0.3) is 0 Å². The maximum Gasteiger partial charge on any atom is 0.341 e. The third kappa shape index (κ3) is 3.56. The molecular weight excluding hydrogens is 401 g/mol. The predicted octanol–water partition coefficient (Wildman–Crippen LogP) is 5.58. The predicted molar refractivity (Wildman–Crippen MR) is 115 cm³/mol. The van der Waals surface area contributed by atoms with Gasteiger partial charge in [0.1, 0.15) is 16.8 Å². The summed E-state index contributed by atoms with van der Waals surface area (Å²) in [6.45, 7) is 6.85. The largest absolute Gasteiger partial charge is 0.477 e. The van der Waals surface area contributed by atoms with Crippen molar-refractivity contribution in [1.29, 1.82) is 0 Å². The van der Waals surface area contributed by atoms with Gasteiger partial charge in [0.05, 0.1) is 12.5 Å². The van der Waals surface area contributed by atoms with E-state index in [1.54, 1.807) is 18.6 Å². The Hall–Kier alpha value is -3.61. The Morgan fingerprint density at radius 2 is 1.97 bits per heavy atom. The van der Waals surface area contributed by atoms with Crippen molar-refractivity contribution >= 4 is 16.9 Å². The van der Waals surface area contributed by atoms with E-state index in [4.69, 9.17) is 13.9 Å². The lowest BCUT2D eigenvalue weighted by Crippen LogP contribution is -2.25. The van der Waals surface area contributed by atoms with Crippen LogP contribution in [0.2, 0.25) is 0 Å². The first-order valence-electron chi connectivity index (χ1n) is 10.0. The van der Waals surface area contributed by atoms with E-state index in [-0.39, 0.29) is 11.5 Å². The lowest BCUT2D eigenvalue weighted by Gasteiger charge is -2.19. The number of pyridine rings is 1. The highest BCUT2D eigenvalue weighted by atomic mass is 19.1. The molecule has 1 aliphatic rings. The molecule has 0 saturated heterocycles. The molecule has 0 atom stereocenters. The Bertz CT molecular complexity index is 1330. The standard InChI is InChI=1S/C20H12FNO5.C4H10/c21-15-16-19-13(4-6-22(16)8-14(17(15)23)20(24)25)12-3-1-2-11(18(12)27-19)10-5-7-26-9-10;1-4(2)3/h1-3,5,7-9H,4,6H2,(H,24,25);4H,1-3H3. The number of benzene rings is 1. The Morgan fingerprint density at radius 1 is 1.23 bits per heavy atom. The van der Waals surface area contributed by atoms with Gasteiger partial charge in [-0.3, -0.25) is 4.79 Å². The molecule has 6 nitrogen and oxygen atoms in total. The number of rotatable bonds is 2. The molecule has 1 N–H and O–H groups in total. The molecule has 0 amide bonds. The summed E-state index contributed by atoms with van der Waals surface area (Å²) >= 11 is 0. The first-order chi connectivity index (χ1) is 14.8. The quantitative estimate of drug-likeness (QED) is 0.455. The van der Waals surface area contributed by atoms with E-state index in [0.29, 0.717) is 18.5 Å². The fraction of sp³-hybridized carbons (Fsp3) is 0.250. The Labute approximate surface area is 177 Å². The van der Waals surface area contributed by atoms with Crippen molar-refractivity contribution < 1.29 is 23.1 Å². The first kappa shape index (κ1) is 20.7. The van der Waals surface area contributed by atoms with E-state index in [1.807, 2.05) is 18.2 Å². The molecule has 4 aromatic rings. The van der Waals surface area contributed by atoms with Crippen LogP contribution in [0.15, 0.2) is 56.6 Å². The number of aryl methyl sites for hydroxylation is 2. The van der Waals surface area contributed by atoms with Crippen molar-refractivity contribution in [1.82, 2.24) is 4.57 Å². The maximum absolute atomic E-state index is 14.8. The second-order valence-corrected chi connectivity index (χ2v) is 8.12. The molecule has 0 aliphatic carbocycles. The van der Waals surface area contributed by atoms with Gasteiger partial charge >= 0.3 is 5.97 Å². The van der Waals surface area contributed by atoms with Crippen molar-refractivity contribution in [2.24, 2.45) is 5.92 Å². The fourth-order valence-corrected chi connectivity index (χ4v) is 3.68. The number of furan rings is 2. The van der Waals surface area contributed by atoms with Crippen molar-refractivity contribution in [3.8, 4) is 22.6 Å². The average molecular weight is 423 g/mol. The second kappa shape index (κ2) is 7.91. The van der Waals surface area contributed by atoms with Gasteiger partial charge in [-0.25, -0.2) is 9.18 Å². The Morgan fingerprint density at radius 3 is 2.61 bits per heavy atom. The molecule has 0 saturated carbocycles. The molecule has 0 spiro atoms. The highest BCUT2D eigenvalue weighted by molar-refractivity contribution is 5.98. The highest BCUT2D eigenvalue weighted by Crippen LogP contribution is 2.41. The molecule has 1 aromatic carbocycles. The molecule has 7 heteroatoms. The summed E-state index contributed by atoms with van der Waals surface area (Å²) in [6, 6.07) is 7.44. The van der Waals surface area contributed by atoms with Crippen molar-refractivity contribution in [2.75, 3.05) is 0 Å². The van der Waals surface area contributed by atoms with Gasteiger partial charge in [-0.1, -0.05) is 39.0 Å². The minimum atomic E-state index is -1.45. The number of halogens is 1. The fourth-order valence-electron chi connectivity index (χ4n) is 3.68. The normalized spacial score (nSPS) is 12.3. The minimum absolute atomic E-state index is 0.0133. The lowest BCUT2D eigenvalue weighted by atomic mass is 9.99.